The summed E-state index contributed by atoms with van der Waals surface area (Å²) in [6.07, 6.45) is 0. The Kier molecular flexibility index (Phi) is 5.65. The number of benzene rings is 2. The van der Waals surface area contributed by atoms with E-state index in [-0.39, 0.29) is 34.3 Å². The van der Waals surface area contributed by atoms with Crippen molar-refractivity contribution in [3.8, 4) is 5.75 Å². The van der Waals surface area contributed by atoms with Gasteiger partial charge in [-0.15, -0.1) is 0 Å². The number of anilines is 3. The van der Waals surface area contributed by atoms with Crippen molar-refractivity contribution in [2.24, 2.45) is 0 Å². The summed E-state index contributed by atoms with van der Waals surface area (Å²) in [5.41, 5.74) is 3.02. The molecule has 8 nitrogen and oxygen atoms in total. The second kappa shape index (κ2) is 8.15. The van der Waals surface area contributed by atoms with Gasteiger partial charge >= 0.3 is 0 Å². The van der Waals surface area contributed by atoms with Crippen molar-refractivity contribution in [3.63, 3.8) is 0 Å². The summed E-state index contributed by atoms with van der Waals surface area (Å²) < 4.78 is 0. The second-order valence-electron chi connectivity index (χ2n) is 6.89. The largest absolute Gasteiger partial charge is 0.505 e. The summed E-state index contributed by atoms with van der Waals surface area (Å²) in [5.74, 6) is -0.667. The maximum Gasteiger partial charge on any atom is 0.257 e. The normalized spacial score (nSPS) is 10.9. The number of phenolic OH excluding ortho intramolecular Hbond substituents is 1. The Morgan fingerprint density at radius 2 is 1.59 bits per heavy atom. The molecule has 3 rings (SSSR count). The molecule has 0 spiro atoms. The Morgan fingerprint density at radius 1 is 0.931 bits per heavy atom. The number of amides is 1. The number of phenols is 1. The minimum atomic E-state index is -0.690. The quantitative estimate of drug-likeness (QED) is 0.320. The summed E-state index contributed by atoms with van der Waals surface area (Å²) in [6.45, 7) is 0.511. The summed E-state index contributed by atoms with van der Waals surface area (Å²) in [5, 5.41) is 14.9. The van der Waals surface area contributed by atoms with Crippen molar-refractivity contribution in [1.82, 2.24) is 9.91 Å². The van der Waals surface area contributed by atoms with E-state index in [4.69, 9.17) is 0 Å². The molecule has 3 aromatic carbocycles. The first-order valence-electron chi connectivity index (χ1n) is 8.95. The van der Waals surface area contributed by atoms with Crippen molar-refractivity contribution >= 4 is 23.0 Å². The molecule has 0 bridgehead atoms. The Labute approximate surface area is 167 Å². The Bertz CT molecular complexity index is 1100. The molecule has 0 radical (unpaired) electrons. The van der Waals surface area contributed by atoms with Gasteiger partial charge in [0, 0.05) is 27.7 Å². The summed E-state index contributed by atoms with van der Waals surface area (Å²) >= 11 is 0. The van der Waals surface area contributed by atoms with Crippen LogP contribution in [0.2, 0.25) is 0 Å². The monoisotopic (exact) mass is 394 g/mol. The predicted molar refractivity (Wildman–Crippen MR) is 112 cm³/mol. The first-order valence-corrected chi connectivity index (χ1v) is 8.95. The number of rotatable bonds is 7. The molecule has 0 aliphatic heterocycles. The lowest BCUT2D eigenvalue weighted by Gasteiger charge is -2.23. The van der Waals surface area contributed by atoms with Crippen LogP contribution < -0.4 is 21.6 Å². The number of nitrogens with zero attached hydrogens (tertiary/aromatic N) is 2. The zero-order valence-corrected chi connectivity index (χ0v) is 16.4. The third kappa shape index (κ3) is 4.12. The molecular weight excluding hydrogens is 372 g/mol. The molecule has 0 saturated heterocycles. The molecule has 0 aliphatic carbocycles. The van der Waals surface area contributed by atoms with Crippen LogP contribution >= 0.6 is 0 Å². The van der Waals surface area contributed by atoms with E-state index >= 15 is 0 Å². The van der Waals surface area contributed by atoms with Crippen LogP contribution in [-0.2, 0) is 6.54 Å². The third-order valence-corrected chi connectivity index (χ3v) is 4.41. The Balaban J connectivity index is 1.81. The van der Waals surface area contributed by atoms with Crippen molar-refractivity contribution in [3.05, 3.63) is 80.1 Å². The summed E-state index contributed by atoms with van der Waals surface area (Å²) in [4.78, 5) is 37.6. The summed E-state index contributed by atoms with van der Waals surface area (Å²) in [6, 6.07) is 14.2. The topological polar surface area (TPSA) is 102 Å². The average Bonchev–Trinajstić information content (AvgIpc) is 2.71. The zero-order valence-electron chi connectivity index (χ0n) is 16.4. The van der Waals surface area contributed by atoms with Gasteiger partial charge in [0.25, 0.3) is 16.8 Å². The first-order chi connectivity index (χ1) is 13.8. The van der Waals surface area contributed by atoms with Gasteiger partial charge in [-0.25, -0.2) is 5.01 Å². The highest BCUT2D eigenvalue weighted by atomic mass is 16.3. The van der Waals surface area contributed by atoms with E-state index in [0.717, 1.165) is 5.56 Å². The molecular formula is C21H22N4O4. The Morgan fingerprint density at radius 3 is 2.24 bits per heavy atom. The van der Waals surface area contributed by atoms with Crippen LogP contribution in [0.5, 0.6) is 5.75 Å². The molecule has 0 atom stereocenters. The average molecular weight is 394 g/mol. The van der Waals surface area contributed by atoms with Gasteiger partial charge in [-0.2, -0.15) is 0 Å². The molecule has 29 heavy (non-hydrogen) atoms. The molecule has 1 amide bonds. The van der Waals surface area contributed by atoms with Crippen LogP contribution in [0.1, 0.15) is 15.9 Å². The third-order valence-electron chi connectivity index (χ3n) is 4.41. The zero-order chi connectivity index (χ0) is 21.1. The van der Waals surface area contributed by atoms with Crippen molar-refractivity contribution in [2.45, 2.75) is 6.54 Å². The van der Waals surface area contributed by atoms with Gasteiger partial charge in [0.1, 0.15) is 11.4 Å². The highest BCUT2D eigenvalue weighted by Crippen LogP contribution is 2.32. The van der Waals surface area contributed by atoms with Gasteiger partial charge in [-0.05, 0) is 17.7 Å². The van der Waals surface area contributed by atoms with E-state index in [1.807, 2.05) is 30.3 Å². The molecule has 0 heterocycles. The number of hydrazine groups is 1. The second-order valence-corrected chi connectivity index (χ2v) is 6.89. The van der Waals surface area contributed by atoms with Gasteiger partial charge in [0.05, 0.1) is 11.3 Å². The number of hydrogen-bond acceptors (Lipinski definition) is 7. The van der Waals surface area contributed by atoms with E-state index in [9.17, 15) is 19.5 Å². The maximum absolute atomic E-state index is 12.2. The van der Waals surface area contributed by atoms with Crippen molar-refractivity contribution < 1.29 is 9.90 Å². The van der Waals surface area contributed by atoms with Gasteiger partial charge < -0.3 is 20.7 Å². The molecule has 0 aromatic heterocycles. The fourth-order valence-electron chi connectivity index (χ4n) is 2.90. The minimum absolute atomic E-state index is 0.0414. The van der Waals surface area contributed by atoms with Crippen molar-refractivity contribution in [2.75, 3.05) is 31.9 Å². The standard InChI is InChI=1S/C21H22N4O4/c1-24(2)21(29)14-10-7-11-15(18(14)26)22-16-17(20(28)19(16)27)23-25(3)12-13-8-5-4-6-9-13/h4-11,22-23,26H,12H2,1-3H3. The lowest BCUT2D eigenvalue weighted by atomic mass is 10.1. The first kappa shape index (κ1) is 20.1. The van der Waals surface area contributed by atoms with E-state index in [1.165, 1.54) is 17.0 Å². The molecule has 0 saturated carbocycles. The van der Waals surface area contributed by atoms with Gasteiger partial charge in [0.2, 0.25) is 0 Å². The molecule has 0 unspecified atom stereocenters. The highest BCUT2D eigenvalue weighted by molar-refractivity contribution is 5.99. The Hall–Kier alpha value is -3.65. The van der Waals surface area contributed by atoms with E-state index in [1.54, 1.807) is 32.2 Å². The lowest BCUT2D eigenvalue weighted by Crippen LogP contribution is -2.40. The molecule has 3 N–H and O–H groups in total. The van der Waals surface area contributed by atoms with E-state index in [0.29, 0.717) is 6.54 Å². The highest BCUT2D eigenvalue weighted by Gasteiger charge is 2.24. The molecule has 150 valence electrons. The predicted octanol–water partition coefficient (Wildman–Crippen LogP) is 1.89. The number of carbonyl (C=O) groups excluding carboxylic acids is 1. The minimum Gasteiger partial charge on any atom is -0.505 e. The van der Waals surface area contributed by atoms with E-state index in [2.05, 4.69) is 10.7 Å². The lowest BCUT2D eigenvalue weighted by molar-refractivity contribution is 0.0824. The molecule has 0 aliphatic rings. The fraction of sp³-hybridized carbons (Fsp3) is 0.190. The fourth-order valence-corrected chi connectivity index (χ4v) is 2.90. The van der Waals surface area contributed by atoms with Crippen LogP contribution in [0.3, 0.4) is 0 Å². The number of aromatic hydroxyl groups is 1. The van der Waals surface area contributed by atoms with E-state index < -0.39 is 10.9 Å². The van der Waals surface area contributed by atoms with Crippen LogP contribution in [0.4, 0.5) is 17.1 Å². The van der Waals surface area contributed by atoms with Gasteiger partial charge in [0.15, 0.2) is 5.75 Å². The SMILES string of the molecule is CN(Cc1ccccc1)Nc1c(Nc2cccc(C(=O)N(C)C)c2O)c(=O)c1=O. The van der Waals surface area contributed by atoms with Gasteiger partial charge in [-0.3, -0.25) is 14.4 Å². The summed E-state index contributed by atoms with van der Waals surface area (Å²) in [7, 11) is 4.90. The maximum atomic E-state index is 12.2. The smallest absolute Gasteiger partial charge is 0.257 e. The molecule has 0 fully saturated rings. The molecule has 3 aromatic rings. The van der Waals surface area contributed by atoms with Gasteiger partial charge in [-0.1, -0.05) is 36.4 Å². The van der Waals surface area contributed by atoms with Crippen LogP contribution in [0, 0.1) is 0 Å². The number of hydrogen-bond donors (Lipinski definition) is 3. The number of nitrogens with one attached hydrogen (secondary N) is 2. The van der Waals surface area contributed by atoms with Crippen molar-refractivity contribution in [1.29, 1.82) is 0 Å². The number of carbonyl (C=O) groups is 1. The van der Waals surface area contributed by atoms with Crippen LogP contribution in [-0.4, -0.2) is 42.1 Å². The van der Waals surface area contributed by atoms with Crippen LogP contribution in [0.15, 0.2) is 58.1 Å². The number of para-hydroxylation sites is 1. The molecule has 8 heteroatoms. The van der Waals surface area contributed by atoms with Crippen LogP contribution in [0.25, 0.3) is 0 Å².